The second-order valence-electron chi connectivity index (χ2n) is 7.66. The van der Waals surface area contributed by atoms with E-state index in [1.54, 1.807) is 12.1 Å². The molecule has 0 bridgehead atoms. The topological polar surface area (TPSA) is 176 Å². The molecule has 1 saturated heterocycles. The zero-order valence-electron chi connectivity index (χ0n) is 18.8. The van der Waals surface area contributed by atoms with Gasteiger partial charge in [0.05, 0.1) is 13.2 Å². The van der Waals surface area contributed by atoms with Gasteiger partial charge in [-0.25, -0.2) is 0 Å². The second kappa shape index (κ2) is 10.3. The number of hydrogen-bond donors (Lipinski definition) is 6. The number of aromatic hydroxyl groups is 1. The third-order valence-corrected chi connectivity index (χ3v) is 5.13. The van der Waals surface area contributed by atoms with Crippen molar-refractivity contribution in [1.82, 2.24) is 4.98 Å². The first-order chi connectivity index (χ1) is 17.2. The minimum atomic E-state index is -1.11. The highest BCUT2D eigenvalue weighted by molar-refractivity contribution is 5.95. The number of ether oxygens (including phenoxy) is 3. The van der Waals surface area contributed by atoms with Gasteiger partial charge >= 0.3 is 0 Å². The van der Waals surface area contributed by atoms with Crippen molar-refractivity contribution in [3.8, 4) is 29.0 Å². The van der Waals surface area contributed by atoms with Crippen LogP contribution in [-0.2, 0) is 4.74 Å². The third kappa shape index (κ3) is 5.36. The largest absolute Gasteiger partial charge is 0.504 e. The summed E-state index contributed by atoms with van der Waals surface area (Å²) in [6, 6.07) is 9.98. The number of rotatable bonds is 7. The molecule has 0 atom stereocenters. The fourth-order valence-electron chi connectivity index (χ4n) is 3.46. The fourth-order valence-corrected chi connectivity index (χ4v) is 3.46. The van der Waals surface area contributed by atoms with Crippen LogP contribution < -0.4 is 31.2 Å². The van der Waals surface area contributed by atoms with E-state index in [1.165, 1.54) is 35.2 Å². The van der Waals surface area contributed by atoms with Gasteiger partial charge in [-0.1, -0.05) is 6.07 Å². The molecule has 0 amide bonds. The molecule has 11 nitrogen and oxygen atoms in total. The van der Waals surface area contributed by atoms with Crippen LogP contribution in [0.1, 0.15) is 5.56 Å². The molecule has 188 valence electrons. The number of guanidine groups is 1. The number of nitrogen functional groups attached to an aromatic ring is 1. The monoisotopic (exact) mass is 499 g/mol. The summed E-state index contributed by atoms with van der Waals surface area (Å²) in [5.41, 5.74) is 11.0. The molecule has 2 aromatic carbocycles. The number of halogens is 2. The van der Waals surface area contributed by atoms with Crippen molar-refractivity contribution in [2.45, 2.75) is 0 Å². The summed E-state index contributed by atoms with van der Waals surface area (Å²) >= 11 is 0. The van der Waals surface area contributed by atoms with Crippen LogP contribution in [0.5, 0.6) is 29.0 Å². The van der Waals surface area contributed by atoms with Crippen molar-refractivity contribution in [1.29, 1.82) is 10.8 Å². The van der Waals surface area contributed by atoms with E-state index in [4.69, 9.17) is 36.5 Å². The zero-order valence-corrected chi connectivity index (χ0v) is 18.8. The van der Waals surface area contributed by atoms with Gasteiger partial charge in [0, 0.05) is 30.4 Å². The first-order valence-electron chi connectivity index (χ1n) is 10.7. The third-order valence-electron chi connectivity index (χ3n) is 5.13. The molecule has 1 fully saturated rings. The highest BCUT2D eigenvalue weighted by Gasteiger charge is 2.29. The molecule has 1 aliphatic rings. The molecule has 8 N–H and O–H groups in total. The normalized spacial score (nSPS) is 13.2. The SMILES string of the molecule is N=C(N)Nc1cccc(Oc2nc(Oc3cc(C(=N)N)ccc3O)c(F)c(N3CCOCC3)c2F)c1. The number of aromatic nitrogens is 1. The number of morpholine rings is 1. The number of phenols is 1. The minimum Gasteiger partial charge on any atom is -0.504 e. The number of pyridine rings is 1. The number of nitrogens with one attached hydrogen (secondary N) is 3. The van der Waals surface area contributed by atoms with Gasteiger partial charge < -0.3 is 41.0 Å². The van der Waals surface area contributed by atoms with Gasteiger partial charge in [-0.05, 0) is 30.3 Å². The number of benzene rings is 2. The summed E-state index contributed by atoms with van der Waals surface area (Å²) in [5, 5.41) is 27.7. The molecule has 0 unspecified atom stereocenters. The molecular weight excluding hydrogens is 476 g/mol. The Morgan fingerprint density at radius 3 is 2.39 bits per heavy atom. The maximum Gasteiger partial charge on any atom is 0.261 e. The molecule has 4 rings (SSSR count). The van der Waals surface area contributed by atoms with Crippen molar-refractivity contribution in [2.75, 3.05) is 36.5 Å². The van der Waals surface area contributed by atoms with Gasteiger partial charge in [0.2, 0.25) is 11.6 Å². The van der Waals surface area contributed by atoms with Crippen LogP contribution in [0.15, 0.2) is 42.5 Å². The van der Waals surface area contributed by atoms with E-state index in [1.807, 2.05) is 0 Å². The van der Waals surface area contributed by atoms with Gasteiger partial charge in [-0.2, -0.15) is 13.8 Å². The van der Waals surface area contributed by atoms with Crippen LogP contribution in [-0.4, -0.2) is 48.2 Å². The molecule has 0 aliphatic carbocycles. The van der Waals surface area contributed by atoms with Crippen LogP contribution in [0.2, 0.25) is 0 Å². The van der Waals surface area contributed by atoms with Crippen molar-refractivity contribution in [2.24, 2.45) is 11.5 Å². The Bertz CT molecular complexity index is 1320. The Balaban J connectivity index is 1.78. The van der Waals surface area contributed by atoms with E-state index < -0.39 is 29.1 Å². The molecule has 2 heterocycles. The van der Waals surface area contributed by atoms with Crippen LogP contribution in [0.4, 0.5) is 20.2 Å². The lowest BCUT2D eigenvalue weighted by Crippen LogP contribution is -2.37. The number of amidine groups is 1. The van der Waals surface area contributed by atoms with Gasteiger partial charge in [0.1, 0.15) is 17.3 Å². The lowest BCUT2D eigenvalue weighted by Gasteiger charge is -2.30. The second-order valence-corrected chi connectivity index (χ2v) is 7.66. The van der Waals surface area contributed by atoms with Gasteiger partial charge in [0.15, 0.2) is 17.5 Å². The standard InChI is InChI=1S/C23H23F2N7O4/c24-17-19(32-6-8-34-9-7-32)18(25)22(36-16-10-12(20(26)27)4-5-15(16)33)31-21(17)35-14-3-1-2-13(11-14)30-23(28)29/h1-5,10-11,33H,6-9H2,(H3,26,27)(H4,28,29,30). The summed E-state index contributed by atoms with van der Waals surface area (Å²) in [5.74, 6) is -4.52. The molecular formula is C23H23F2N7O4. The Labute approximate surface area is 204 Å². The van der Waals surface area contributed by atoms with Gasteiger partial charge in [-0.15, -0.1) is 0 Å². The molecule has 0 saturated carbocycles. The Morgan fingerprint density at radius 2 is 1.72 bits per heavy atom. The van der Waals surface area contributed by atoms with Crippen molar-refractivity contribution < 1.29 is 28.1 Å². The summed E-state index contributed by atoms with van der Waals surface area (Å²) < 4.78 is 47.5. The molecule has 36 heavy (non-hydrogen) atoms. The summed E-state index contributed by atoms with van der Waals surface area (Å²) in [6.07, 6.45) is 0. The number of anilines is 2. The lowest BCUT2D eigenvalue weighted by atomic mass is 10.2. The minimum absolute atomic E-state index is 0.125. The van der Waals surface area contributed by atoms with Crippen molar-refractivity contribution in [3.05, 3.63) is 59.7 Å². The maximum absolute atomic E-state index is 15.6. The number of nitrogens with two attached hydrogens (primary N) is 2. The van der Waals surface area contributed by atoms with Crippen LogP contribution in [0, 0.1) is 22.5 Å². The first-order valence-corrected chi connectivity index (χ1v) is 10.7. The Hall–Kier alpha value is -4.65. The lowest BCUT2D eigenvalue weighted by molar-refractivity contribution is 0.122. The van der Waals surface area contributed by atoms with Crippen LogP contribution in [0.25, 0.3) is 0 Å². The van der Waals surface area contributed by atoms with Crippen molar-refractivity contribution >= 4 is 23.2 Å². The van der Waals surface area contributed by atoms with E-state index in [0.29, 0.717) is 5.69 Å². The maximum atomic E-state index is 15.6. The summed E-state index contributed by atoms with van der Waals surface area (Å²) in [4.78, 5) is 5.33. The van der Waals surface area contributed by atoms with Crippen LogP contribution in [0.3, 0.4) is 0 Å². The molecule has 1 aromatic heterocycles. The molecule has 13 heteroatoms. The number of phenolic OH excluding ortho intramolecular Hbond substituents is 1. The van der Waals surface area contributed by atoms with E-state index in [-0.39, 0.29) is 60.9 Å². The quantitative estimate of drug-likeness (QED) is 0.211. The smallest absolute Gasteiger partial charge is 0.261 e. The molecule has 3 aromatic rings. The van der Waals surface area contributed by atoms with Gasteiger partial charge in [-0.3, -0.25) is 10.8 Å². The first kappa shape index (κ1) is 24.5. The Morgan fingerprint density at radius 1 is 1.03 bits per heavy atom. The van der Waals surface area contributed by atoms with E-state index in [0.717, 1.165) is 0 Å². The highest BCUT2D eigenvalue weighted by Crippen LogP contribution is 2.40. The predicted molar refractivity (Wildman–Crippen MR) is 128 cm³/mol. The number of nitrogens with zero attached hydrogens (tertiary/aromatic N) is 2. The van der Waals surface area contributed by atoms with Crippen molar-refractivity contribution in [3.63, 3.8) is 0 Å². The van der Waals surface area contributed by atoms with Gasteiger partial charge in [0.25, 0.3) is 11.8 Å². The summed E-state index contributed by atoms with van der Waals surface area (Å²) in [7, 11) is 0. The fraction of sp³-hybridized carbons (Fsp3) is 0.174. The average molecular weight is 499 g/mol. The van der Waals surface area contributed by atoms with E-state index >= 15 is 8.78 Å². The zero-order chi connectivity index (χ0) is 25.8. The Kier molecular flexibility index (Phi) is 7.01. The molecule has 1 aliphatic heterocycles. The number of hydrogen-bond acceptors (Lipinski definition) is 8. The van der Waals surface area contributed by atoms with Crippen LogP contribution >= 0.6 is 0 Å². The highest BCUT2D eigenvalue weighted by atomic mass is 19.1. The summed E-state index contributed by atoms with van der Waals surface area (Å²) in [6.45, 7) is 0.932. The van der Waals surface area contributed by atoms with E-state index in [9.17, 15) is 5.11 Å². The average Bonchev–Trinajstić information content (AvgIpc) is 2.84. The predicted octanol–water partition coefficient (Wildman–Crippen LogP) is 3.08. The molecule has 0 radical (unpaired) electrons. The molecule has 0 spiro atoms. The van der Waals surface area contributed by atoms with E-state index in [2.05, 4.69) is 10.3 Å².